The predicted octanol–water partition coefficient (Wildman–Crippen LogP) is 2.82. The van der Waals surface area contributed by atoms with E-state index in [0.717, 1.165) is 16.6 Å². The van der Waals surface area contributed by atoms with Crippen LogP contribution in [0.4, 0.5) is 0 Å². The van der Waals surface area contributed by atoms with Crippen LogP contribution in [0.5, 0.6) is 0 Å². The molecule has 0 radical (unpaired) electrons. The molecule has 2 aromatic rings. The summed E-state index contributed by atoms with van der Waals surface area (Å²) in [5, 5.41) is 0. The second-order valence-corrected chi connectivity index (χ2v) is 4.49. The summed E-state index contributed by atoms with van der Waals surface area (Å²) in [7, 11) is 1.38. The highest BCUT2D eigenvalue weighted by Crippen LogP contribution is 2.24. The van der Waals surface area contributed by atoms with Gasteiger partial charge in [-0.05, 0) is 31.5 Å². The average Bonchev–Trinajstić information content (AvgIpc) is 2.74. The Bertz CT molecular complexity index is 592. The molecule has 5 heteroatoms. The molecule has 1 heterocycles. The van der Waals surface area contributed by atoms with Gasteiger partial charge in [0.25, 0.3) is 0 Å². The van der Waals surface area contributed by atoms with E-state index >= 15 is 0 Å². The number of carbonyl (C=O) groups is 1. The molecule has 0 spiro atoms. The minimum atomic E-state index is -0.435. The maximum Gasteiger partial charge on any atom is 0.328 e. The summed E-state index contributed by atoms with van der Waals surface area (Å²) in [5.41, 5.74) is 2.86. The highest BCUT2D eigenvalue weighted by Gasteiger charge is 2.21. The minimum Gasteiger partial charge on any atom is -0.467 e. The molecule has 1 atom stereocenters. The fourth-order valence-electron chi connectivity index (χ4n) is 2.06. The van der Waals surface area contributed by atoms with Gasteiger partial charge in [-0.2, -0.15) is 0 Å². The lowest BCUT2D eigenvalue weighted by Gasteiger charge is -2.14. The van der Waals surface area contributed by atoms with Gasteiger partial charge in [-0.15, -0.1) is 11.6 Å². The van der Waals surface area contributed by atoms with Crippen LogP contribution in [0, 0.1) is 6.92 Å². The zero-order chi connectivity index (χ0) is 13.3. The third-order valence-corrected chi connectivity index (χ3v) is 3.21. The number of carbonyl (C=O) groups excluding carboxylic acids is 1. The number of hydrogen-bond donors (Lipinski definition) is 0. The van der Waals surface area contributed by atoms with Crippen molar-refractivity contribution in [1.82, 2.24) is 9.55 Å². The van der Waals surface area contributed by atoms with Crippen LogP contribution < -0.4 is 0 Å². The summed E-state index contributed by atoms with van der Waals surface area (Å²) >= 11 is 5.90. The van der Waals surface area contributed by atoms with Gasteiger partial charge in [-0.1, -0.05) is 6.07 Å². The van der Waals surface area contributed by atoms with Crippen molar-refractivity contribution in [2.24, 2.45) is 0 Å². The average molecular weight is 267 g/mol. The van der Waals surface area contributed by atoms with Crippen LogP contribution in [0.25, 0.3) is 11.0 Å². The molecule has 0 N–H and O–H groups in total. The van der Waals surface area contributed by atoms with Crippen LogP contribution in [0.15, 0.2) is 18.2 Å². The molecule has 1 aromatic heterocycles. The number of aryl methyl sites for hydroxylation is 1. The van der Waals surface area contributed by atoms with Gasteiger partial charge in [-0.3, -0.25) is 0 Å². The second kappa shape index (κ2) is 4.98. The van der Waals surface area contributed by atoms with Crippen LogP contribution in [-0.2, 0) is 15.4 Å². The van der Waals surface area contributed by atoms with Crippen molar-refractivity contribution in [3.63, 3.8) is 0 Å². The number of imidazole rings is 1. The lowest BCUT2D eigenvalue weighted by molar-refractivity contribution is -0.143. The van der Waals surface area contributed by atoms with Crippen molar-refractivity contribution in [2.45, 2.75) is 25.8 Å². The molecular weight excluding hydrogens is 252 g/mol. The third kappa shape index (κ3) is 2.08. The van der Waals surface area contributed by atoms with Gasteiger partial charge in [0, 0.05) is 0 Å². The SMILES string of the molecule is COC(=O)C(C)n1c(CCl)nc2ccc(C)cc21. The number of esters is 1. The fraction of sp³-hybridized carbons (Fsp3) is 0.385. The van der Waals surface area contributed by atoms with E-state index in [-0.39, 0.29) is 11.8 Å². The topological polar surface area (TPSA) is 44.1 Å². The normalized spacial score (nSPS) is 12.7. The van der Waals surface area contributed by atoms with Crippen molar-refractivity contribution in [3.8, 4) is 0 Å². The molecule has 0 aliphatic carbocycles. The number of benzene rings is 1. The van der Waals surface area contributed by atoms with Crippen LogP contribution >= 0.6 is 11.6 Å². The number of alkyl halides is 1. The summed E-state index contributed by atoms with van der Waals surface area (Å²) < 4.78 is 6.62. The van der Waals surface area contributed by atoms with E-state index in [1.165, 1.54) is 7.11 Å². The monoisotopic (exact) mass is 266 g/mol. The molecule has 0 saturated carbocycles. The summed E-state index contributed by atoms with van der Waals surface area (Å²) in [6, 6.07) is 5.48. The molecule has 0 aliphatic heterocycles. The first kappa shape index (κ1) is 12.9. The Hall–Kier alpha value is -1.55. The summed E-state index contributed by atoms with van der Waals surface area (Å²) in [5.74, 6) is 0.632. The second-order valence-electron chi connectivity index (χ2n) is 4.22. The number of nitrogens with zero attached hydrogens (tertiary/aromatic N) is 2. The quantitative estimate of drug-likeness (QED) is 0.634. The molecule has 0 aliphatic rings. The van der Waals surface area contributed by atoms with Crippen LogP contribution in [0.2, 0.25) is 0 Å². The van der Waals surface area contributed by atoms with Gasteiger partial charge in [0.15, 0.2) is 0 Å². The molecule has 0 saturated heterocycles. The van der Waals surface area contributed by atoms with Gasteiger partial charge < -0.3 is 9.30 Å². The Balaban J connectivity index is 2.65. The Morgan fingerprint density at radius 3 is 2.89 bits per heavy atom. The number of fused-ring (bicyclic) bond motifs is 1. The molecule has 1 aromatic carbocycles. The summed E-state index contributed by atoms with van der Waals surface area (Å²) in [4.78, 5) is 16.1. The van der Waals surface area contributed by atoms with Gasteiger partial charge >= 0.3 is 5.97 Å². The first-order valence-electron chi connectivity index (χ1n) is 5.69. The van der Waals surface area contributed by atoms with E-state index in [2.05, 4.69) is 4.98 Å². The number of hydrogen-bond acceptors (Lipinski definition) is 3. The zero-order valence-electron chi connectivity index (χ0n) is 10.6. The predicted molar refractivity (Wildman–Crippen MR) is 70.8 cm³/mol. The summed E-state index contributed by atoms with van der Waals surface area (Å²) in [6.45, 7) is 3.78. The van der Waals surface area contributed by atoms with E-state index in [1.807, 2.05) is 29.7 Å². The van der Waals surface area contributed by atoms with Crippen molar-refractivity contribution < 1.29 is 9.53 Å². The van der Waals surface area contributed by atoms with Gasteiger partial charge in [0.1, 0.15) is 11.9 Å². The fourth-order valence-corrected chi connectivity index (χ4v) is 2.24. The standard InChI is InChI=1S/C13H15ClN2O2/c1-8-4-5-10-11(6-8)16(12(7-14)15-10)9(2)13(17)18-3/h4-6,9H,7H2,1-3H3. The summed E-state index contributed by atoms with van der Waals surface area (Å²) in [6.07, 6.45) is 0. The maximum atomic E-state index is 11.7. The van der Waals surface area contributed by atoms with E-state index in [0.29, 0.717) is 5.82 Å². The first-order chi connectivity index (χ1) is 8.58. The van der Waals surface area contributed by atoms with Crippen molar-refractivity contribution in [1.29, 1.82) is 0 Å². The maximum absolute atomic E-state index is 11.7. The number of methoxy groups -OCH3 is 1. The van der Waals surface area contributed by atoms with Crippen LogP contribution in [0.3, 0.4) is 0 Å². The Morgan fingerprint density at radius 1 is 1.56 bits per heavy atom. The van der Waals surface area contributed by atoms with Crippen LogP contribution in [0.1, 0.15) is 24.4 Å². The smallest absolute Gasteiger partial charge is 0.328 e. The Kier molecular flexibility index (Phi) is 3.57. The molecule has 0 bridgehead atoms. The number of aromatic nitrogens is 2. The highest BCUT2D eigenvalue weighted by molar-refractivity contribution is 6.16. The molecular formula is C13H15ClN2O2. The third-order valence-electron chi connectivity index (χ3n) is 2.97. The number of ether oxygens (including phenoxy) is 1. The lowest BCUT2D eigenvalue weighted by Crippen LogP contribution is -2.19. The van der Waals surface area contributed by atoms with E-state index in [1.54, 1.807) is 6.92 Å². The minimum absolute atomic E-state index is 0.259. The first-order valence-corrected chi connectivity index (χ1v) is 6.23. The van der Waals surface area contributed by atoms with E-state index in [4.69, 9.17) is 16.3 Å². The zero-order valence-corrected chi connectivity index (χ0v) is 11.4. The van der Waals surface area contributed by atoms with Gasteiger partial charge in [0.05, 0.1) is 24.0 Å². The molecule has 1 unspecified atom stereocenters. The molecule has 0 fully saturated rings. The van der Waals surface area contributed by atoms with E-state index < -0.39 is 6.04 Å². The van der Waals surface area contributed by atoms with E-state index in [9.17, 15) is 4.79 Å². The Morgan fingerprint density at radius 2 is 2.28 bits per heavy atom. The number of rotatable bonds is 3. The molecule has 96 valence electrons. The Labute approximate surface area is 111 Å². The van der Waals surface area contributed by atoms with Crippen molar-refractivity contribution in [3.05, 3.63) is 29.6 Å². The van der Waals surface area contributed by atoms with Crippen molar-refractivity contribution in [2.75, 3.05) is 7.11 Å². The molecule has 0 amide bonds. The largest absolute Gasteiger partial charge is 0.467 e. The lowest BCUT2D eigenvalue weighted by atomic mass is 10.2. The highest BCUT2D eigenvalue weighted by atomic mass is 35.5. The molecule has 4 nitrogen and oxygen atoms in total. The van der Waals surface area contributed by atoms with Gasteiger partial charge in [-0.25, -0.2) is 9.78 Å². The molecule has 2 rings (SSSR count). The van der Waals surface area contributed by atoms with Crippen molar-refractivity contribution >= 4 is 28.6 Å². The van der Waals surface area contributed by atoms with Gasteiger partial charge in [0.2, 0.25) is 0 Å². The van der Waals surface area contributed by atoms with Crippen LogP contribution in [-0.4, -0.2) is 22.6 Å². The number of halogens is 1. The molecule has 18 heavy (non-hydrogen) atoms.